The zero-order chi connectivity index (χ0) is 17.3. The number of anilines is 1. The van der Waals surface area contributed by atoms with E-state index in [9.17, 15) is 4.79 Å². The van der Waals surface area contributed by atoms with E-state index in [1.54, 1.807) is 30.3 Å². The summed E-state index contributed by atoms with van der Waals surface area (Å²) < 4.78 is 8.30. The van der Waals surface area contributed by atoms with E-state index >= 15 is 0 Å². The number of rotatable bonds is 4. The number of furan rings is 1. The number of hydrogen-bond donors (Lipinski definition) is 1. The summed E-state index contributed by atoms with van der Waals surface area (Å²) in [4.78, 5) is 12.3. The van der Waals surface area contributed by atoms with Crippen molar-refractivity contribution in [2.24, 2.45) is 0 Å². The molecular formula is C17H15BrClN3O2. The van der Waals surface area contributed by atoms with Crippen LogP contribution in [0.15, 0.2) is 45.3 Å². The Morgan fingerprint density at radius 1 is 1.29 bits per heavy atom. The fourth-order valence-corrected chi connectivity index (χ4v) is 3.06. The summed E-state index contributed by atoms with van der Waals surface area (Å²) in [6.07, 6.45) is 0. The highest BCUT2D eigenvalue weighted by molar-refractivity contribution is 9.10. The number of carbonyl (C=O) groups is 1. The van der Waals surface area contributed by atoms with Crippen LogP contribution in [-0.4, -0.2) is 15.7 Å². The van der Waals surface area contributed by atoms with Crippen molar-refractivity contribution in [3.8, 4) is 0 Å². The second kappa shape index (κ2) is 6.83. The maximum absolute atomic E-state index is 12.3. The molecule has 2 aromatic heterocycles. The minimum absolute atomic E-state index is 0.227. The number of hydrogen-bond acceptors (Lipinski definition) is 3. The van der Waals surface area contributed by atoms with Gasteiger partial charge in [0.2, 0.25) is 0 Å². The molecule has 3 rings (SSSR count). The average Bonchev–Trinajstić information content (AvgIpc) is 3.09. The van der Waals surface area contributed by atoms with Crippen molar-refractivity contribution in [2.45, 2.75) is 20.4 Å². The predicted molar refractivity (Wildman–Crippen MR) is 96.6 cm³/mol. The highest BCUT2D eigenvalue weighted by Crippen LogP contribution is 2.26. The van der Waals surface area contributed by atoms with E-state index < -0.39 is 0 Å². The van der Waals surface area contributed by atoms with Gasteiger partial charge in [0.15, 0.2) is 5.76 Å². The first-order valence-electron chi connectivity index (χ1n) is 7.28. The summed E-state index contributed by atoms with van der Waals surface area (Å²) in [6, 6.07) is 10.7. The normalized spacial score (nSPS) is 10.8. The topological polar surface area (TPSA) is 60.1 Å². The maximum atomic E-state index is 12.3. The first-order chi connectivity index (χ1) is 11.4. The zero-order valence-electron chi connectivity index (χ0n) is 13.1. The molecule has 0 atom stereocenters. The SMILES string of the molecule is Cc1cc(C)n(Cc2ccc(C(=O)Nc3ccc(Br)cc3Cl)o2)n1. The minimum Gasteiger partial charge on any atom is -0.454 e. The van der Waals surface area contributed by atoms with Gasteiger partial charge in [-0.25, -0.2) is 0 Å². The summed E-state index contributed by atoms with van der Waals surface area (Å²) >= 11 is 9.43. The molecule has 0 bridgehead atoms. The molecule has 0 fully saturated rings. The van der Waals surface area contributed by atoms with E-state index in [0.717, 1.165) is 15.9 Å². The van der Waals surface area contributed by atoms with Crippen LogP contribution in [0.5, 0.6) is 0 Å². The molecule has 0 aliphatic rings. The monoisotopic (exact) mass is 407 g/mol. The molecule has 124 valence electrons. The lowest BCUT2D eigenvalue weighted by Crippen LogP contribution is -2.11. The fourth-order valence-electron chi connectivity index (χ4n) is 2.34. The molecule has 7 heteroatoms. The van der Waals surface area contributed by atoms with Crippen molar-refractivity contribution in [3.63, 3.8) is 0 Å². The first kappa shape index (κ1) is 16.8. The van der Waals surface area contributed by atoms with Crippen LogP contribution in [0.3, 0.4) is 0 Å². The van der Waals surface area contributed by atoms with E-state index in [4.69, 9.17) is 16.0 Å². The Hall–Kier alpha value is -2.05. The third-order valence-electron chi connectivity index (χ3n) is 3.47. The number of halogens is 2. The summed E-state index contributed by atoms with van der Waals surface area (Å²) in [5, 5.41) is 7.57. The quantitative estimate of drug-likeness (QED) is 0.674. The van der Waals surface area contributed by atoms with E-state index in [0.29, 0.717) is 23.0 Å². The molecule has 0 saturated heterocycles. The van der Waals surface area contributed by atoms with Crippen LogP contribution in [0, 0.1) is 13.8 Å². The van der Waals surface area contributed by atoms with Crippen molar-refractivity contribution < 1.29 is 9.21 Å². The lowest BCUT2D eigenvalue weighted by Gasteiger charge is -2.06. The zero-order valence-corrected chi connectivity index (χ0v) is 15.5. The van der Waals surface area contributed by atoms with Crippen LogP contribution in [0.25, 0.3) is 0 Å². The second-order valence-corrected chi connectivity index (χ2v) is 6.75. The Balaban J connectivity index is 1.72. The number of benzene rings is 1. The van der Waals surface area contributed by atoms with Gasteiger partial charge in [-0.3, -0.25) is 9.48 Å². The number of nitrogens with one attached hydrogen (secondary N) is 1. The molecule has 0 spiro atoms. The lowest BCUT2D eigenvalue weighted by molar-refractivity contribution is 0.0994. The molecule has 3 aromatic rings. The van der Waals surface area contributed by atoms with Gasteiger partial charge in [0, 0.05) is 10.2 Å². The Kier molecular flexibility index (Phi) is 4.78. The number of aromatic nitrogens is 2. The fraction of sp³-hybridized carbons (Fsp3) is 0.176. The van der Waals surface area contributed by atoms with Crippen LogP contribution in [0.2, 0.25) is 5.02 Å². The Morgan fingerprint density at radius 3 is 2.75 bits per heavy atom. The van der Waals surface area contributed by atoms with E-state index in [2.05, 4.69) is 26.3 Å². The molecule has 0 unspecified atom stereocenters. The van der Waals surface area contributed by atoms with Crippen LogP contribution < -0.4 is 5.32 Å². The number of nitrogens with zero attached hydrogens (tertiary/aromatic N) is 2. The summed E-state index contributed by atoms with van der Waals surface area (Å²) in [7, 11) is 0. The van der Waals surface area contributed by atoms with Crippen molar-refractivity contribution >= 4 is 39.1 Å². The van der Waals surface area contributed by atoms with Gasteiger partial charge in [-0.2, -0.15) is 5.10 Å². The molecule has 0 aliphatic carbocycles. The molecule has 1 aromatic carbocycles. The summed E-state index contributed by atoms with van der Waals surface area (Å²) in [5.41, 5.74) is 2.51. The van der Waals surface area contributed by atoms with Crippen molar-refractivity contribution in [1.82, 2.24) is 9.78 Å². The summed E-state index contributed by atoms with van der Waals surface area (Å²) in [5.74, 6) is 0.539. The van der Waals surface area contributed by atoms with E-state index in [1.165, 1.54) is 0 Å². The second-order valence-electron chi connectivity index (χ2n) is 5.43. The standard InChI is InChI=1S/C17H15BrClN3O2/c1-10-7-11(2)22(21-10)9-13-4-6-16(24-13)17(23)20-15-5-3-12(18)8-14(15)19/h3-8H,9H2,1-2H3,(H,20,23). The van der Waals surface area contributed by atoms with Gasteiger partial charge >= 0.3 is 0 Å². The highest BCUT2D eigenvalue weighted by Gasteiger charge is 2.14. The van der Waals surface area contributed by atoms with Gasteiger partial charge < -0.3 is 9.73 Å². The number of carbonyl (C=O) groups excluding carboxylic acids is 1. The molecule has 1 amide bonds. The maximum Gasteiger partial charge on any atom is 0.291 e. The molecule has 24 heavy (non-hydrogen) atoms. The van der Waals surface area contributed by atoms with Crippen molar-refractivity contribution in [3.05, 3.63) is 68.8 Å². The third kappa shape index (κ3) is 3.71. The molecule has 0 aliphatic heterocycles. The molecular weight excluding hydrogens is 394 g/mol. The van der Waals surface area contributed by atoms with Gasteiger partial charge in [0.1, 0.15) is 5.76 Å². The minimum atomic E-state index is -0.348. The summed E-state index contributed by atoms with van der Waals surface area (Å²) in [6.45, 7) is 4.39. The smallest absolute Gasteiger partial charge is 0.291 e. The van der Waals surface area contributed by atoms with Crippen LogP contribution in [-0.2, 0) is 6.54 Å². The molecule has 5 nitrogen and oxygen atoms in total. The van der Waals surface area contributed by atoms with Crippen LogP contribution >= 0.6 is 27.5 Å². The van der Waals surface area contributed by atoms with Crippen molar-refractivity contribution in [2.75, 3.05) is 5.32 Å². The molecule has 0 radical (unpaired) electrons. The molecule has 1 N–H and O–H groups in total. The van der Waals surface area contributed by atoms with E-state index in [1.807, 2.05) is 24.6 Å². The highest BCUT2D eigenvalue weighted by atomic mass is 79.9. The molecule has 0 saturated carbocycles. The van der Waals surface area contributed by atoms with E-state index in [-0.39, 0.29) is 11.7 Å². The number of amides is 1. The van der Waals surface area contributed by atoms with Gasteiger partial charge in [0.05, 0.1) is 22.9 Å². The Labute approximate surface area is 152 Å². The van der Waals surface area contributed by atoms with Crippen LogP contribution in [0.1, 0.15) is 27.7 Å². The first-order valence-corrected chi connectivity index (χ1v) is 8.45. The largest absolute Gasteiger partial charge is 0.454 e. The van der Waals surface area contributed by atoms with Gasteiger partial charge in [-0.05, 0) is 50.2 Å². The third-order valence-corrected chi connectivity index (χ3v) is 4.28. The van der Waals surface area contributed by atoms with Gasteiger partial charge in [0.25, 0.3) is 5.91 Å². The van der Waals surface area contributed by atoms with Gasteiger partial charge in [-0.15, -0.1) is 0 Å². The van der Waals surface area contributed by atoms with Crippen LogP contribution in [0.4, 0.5) is 5.69 Å². The molecule has 2 heterocycles. The number of aryl methyl sites for hydroxylation is 2. The van der Waals surface area contributed by atoms with Crippen molar-refractivity contribution in [1.29, 1.82) is 0 Å². The van der Waals surface area contributed by atoms with Gasteiger partial charge in [-0.1, -0.05) is 27.5 Å². The Bertz CT molecular complexity index is 901. The Morgan fingerprint density at radius 2 is 2.08 bits per heavy atom. The average molecular weight is 409 g/mol. The lowest BCUT2D eigenvalue weighted by atomic mass is 10.3. The predicted octanol–water partition coefficient (Wildman–Crippen LogP) is 4.81.